The van der Waals surface area contributed by atoms with Crippen molar-refractivity contribution in [3.63, 3.8) is 0 Å². The lowest BCUT2D eigenvalue weighted by atomic mass is 9.98. The maximum atomic E-state index is 11.1. The number of carbonyl (C=O) groups is 1. The topological polar surface area (TPSA) is 82.9 Å². The summed E-state index contributed by atoms with van der Waals surface area (Å²) in [5.74, 6) is -0.616. The lowest BCUT2D eigenvalue weighted by Crippen LogP contribution is -2.43. The average Bonchev–Trinajstić information content (AvgIpc) is 2.60. The van der Waals surface area contributed by atoms with Gasteiger partial charge in [-0.25, -0.2) is 4.98 Å². The van der Waals surface area contributed by atoms with Crippen LogP contribution in [0.25, 0.3) is 10.9 Å². The molecule has 1 aliphatic heterocycles. The van der Waals surface area contributed by atoms with E-state index in [9.17, 15) is 9.90 Å². The number of nitrogens with zero attached hydrogens (tertiary/aromatic N) is 2. The first-order valence-electron chi connectivity index (χ1n) is 8.23. The Kier molecular flexibility index (Phi) is 5.27. The molecule has 0 radical (unpaired) electrons. The highest BCUT2D eigenvalue weighted by atomic mass is 16.5. The van der Waals surface area contributed by atoms with E-state index in [1.165, 1.54) is 0 Å². The number of likely N-dealkylation sites (tertiary alicyclic amines) is 1. The summed E-state index contributed by atoms with van der Waals surface area (Å²) in [7, 11) is 0. The molecule has 0 spiro atoms. The third-order valence-electron chi connectivity index (χ3n) is 4.32. The Morgan fingerprint density at radius 1 is 1.33 bits per heavy atom. The molecule has 1 unspecified atom stereocenters. The fourth-order valence-corrected chi connectivity index (χ4v) is 3.08. The van der Waals surface area contributed by atoms with Crippen molar-refractivity contribution in [1.29, 1.82) is 0 Å². The van der Waals surface area contributed by atoms with Crippen LogP contribution in [0.1, 0.15) is 12.8 Å². The van der Waals surface area contributed by atoms with E-state index in [2.05, 4.69) is 4.98 Å². The van der Waals surface area contributed by atoms with Gasteiger partial charge in [0.15, 0.2) is 0 Å². The molecular formula is C18H22N2O4. The second-order valence-corrected chi connectivity index (χ2v) is 6.24. The molecule has 24 heavy (non-hydrogen) atoms. The van der Waals surface area contributed by atoms with Gasteiger partial charge in [-0.3, -0.25) is 9.69 Å². The van der Waals surface area contributed by atoms with Crippen molar-refractivity contribution < 1.29 is 19.7 Å². The van der Waals surface area contributed by atoms with Gasteiger partial charge in [0.05, 0.1) is 11.4 Å². The van der Waals surface area contributed by atoms with Crippen molar-refractivity contribution in [3.8, 4) is 5.88 Å². The molecule has 0 bridgehead atoms. The SMILES string of the molecule is O=C(O)C1CCCN(C[C@@H](O)COc2ccc3ccccc3n2)C1. The van der Waals surface area contributed by atoms with E-state index in [0.29, 0.717) is 25.4 Å². The van der Waals surface area contributed by atoms with E-state index in [4.69, 9.17) is 9.84 Å². The van der Waals surface area contributed by atoms with E-state index >= 15 is 0 Å². The van der Waals surface area contributed by atoms with Crippen LogP contribution in [0.15, 0.2) is 36.4 Å². The van der Waals surface area contributed by atoms with Crippen molar-refractivity contribution in [1.82, 2.24) is 9.88 Å². The van der Waals surface area contributed by atoms with E-state index < -0.39 is 12.1 Å². The molecule has 1 aromatic heterocycles. The number of β-amino-alcohol motifs (C(OH)–C–C–N with tert-alkyl or cyclic N) is 1. The lowest BCUT2D eigenvalue weighted by Gasteiger charge is -2.31. The molecule has 2 atom stereocenters. The van der Waals surface area contributed by atoms with Crippen molar-refractivity contribution >= 4 is 16.9 Å². The molecule has 0 amide bonds. The van der Waals surface area contributed by atoms with Crippen LogP contribution in [0.2, 0.25) is 0 Å². The number of rotatable bonds is 6. The minimum Gasteiger partial charge on any atom is -0.481 e. The number of carboxylic acids is 1. The van der Waals surface area contributed by atoms with Crippen LogP contribution < -0.4 is 4.74 Å². The summed E-state index contributed by atoms with van der Waals surface area (Å²) in [6.07, 6.45) is 0.877. The highest BCUT2D eigenvalue weighted by molar-refractivity contribution is 5.78. The minimum absolute atomic E-state index is 0.138. The molecule has 1 aromatic carbocycles. The second-order valence-electron chi connectivity index (χ2n) is 6.24. The number of para-hydroxylation sites is 1. The van der Waals surface area contributed by atoms with E-state index in [1.54, 1.807) is 6.07 Å². The van der Waals surface area contributed by atoms with Gasteiger partial charge in [0.25, 0.3) is 0 Å². The number of hydrogen-bond donors (Lipinski definition) is 2. The third-order valence-corrected chi connectivity index (χ3v) is 4.32. The lowest BCUT2D eigenvalue weighted by molar-refractivity contribution is -0.143. The number of benzene rings is 1. The first-order valence-corrected chi connectivity index (χ1v) is 8.23. The summed E-state index contributed by atoms with van der Waals surface area (Å²) >= 11 is 0. The van der Waals surface area contributed by atoms with Crippen molar-refractivity contribution in [3.05, 3.63) is 36.4 Å². The number of pyridine rings is 1. The molecule has 2 heterocycles. The number of hydrogen-bond acceptors (Lipinski definition) is 5. The Labute approximate surface area is 140 Å². The zero-order valence-corrected chi connectivity index (χ0v) is 13.5. The van der Waals surface area contributed by atoms with Gasteiger partial charge < -0.3 is 14.9 Å². The molecule has 1 saturated heterocycles. The van der Waals surface area contributed by atoms with Crippen LogP contribution in [0.4, 0.5) is 0 Å². The Hall–Kier alpha value is -2.18. The molecule has 1 fully saturated rings. The average molecular weight is 330 g/mol. The first kappa shape index (κ1) is 16.7. The van der Waals surface area contributed by atoms with Crippen LogP contribution in [-0.4, -0.2) is 58.4 Å². The van der Waals surface area contributed by atoms with Gasteiger partial charge in [0.2, 0.25) is 5.88 Å². The maximum absolute atomic E-state index is 11.1. The monoisotopic (exact) mass is 330 g/mol. The highest BCUT2D eigenvalue weighted by Gasteiger charge is 2.26. The van der Waals surface area contributed by atoms with E-state index in [1.807, 2.05) is 35.2 Å². The number of aliphatic carboxylic acids is 1. The van der Waals surface area contributed by atoms with Crippen LogP contribution in [0.3, 0.4) is 0 Å². The Morgan fingerprint density at radius 2 is 2.17 bits per heavy atom. The maximum Gasteiger partial charge on any atom is 0.307 e. The summed E-state index contributed by atoms with van der Waals surface area (Å²) in [4.78, 5) is 17.5. The summed E-state index contributed by atoms with van der Waals surface area (Å²) in [5.41, 5.74) is 0.852. The van der Waals surface area contributed by atoms with Crippen LogP contribution in [0.5, 0.6) is 5.88 Å². The van der Waals surface area contributed by atoms with Crippen molar-refractivity contribution in [2.45, 2.75) is 18.9 Å². The number of ether oxygens (including phenoxy) is 1. The second kappa shape index (κ2) is 7.59. The Morgan fingerprint density at radius 3 is 3.00 bits per heavy atom. The molecule has 2 aromatic rings. The van der Waals surface area contributed by atoms with Gasteiger partial charge in [-0.2, -0.15) is 0 Å². The number of aliphatic hydroxyl groups is 1. The van der Waals surface area contributed by atoms with Gasteiger partial charge in [-0.05, 0) is 31.5 Å². The number of piperidine rings is 1. The minimum atomic E-state index is -0.759. The zero-order valence-electron chi connectivity index (χ0n) is 13.5. The molecule has 3 rings (SSSR count). The van der Waals surface area contributed by atoms with Gasteiger partial charge in [0, 0.05) is 24.5 Å². The largest absolute Gasteiger partial charge is 0.481 e. The van der Waals surface area contributed by atoms with Crippen LogP contribution >= 0.6 is 0 Å². The molecular weight excluding hydrogens is 308 g/mol. The quantitative estimate of drug-likeness (QED) is 0.840. The number of aromatic nitrogens is 1. The number of aliphatic hydroxyl groups excluding tert-OH is 1. The van der Waals surface area contributed by atoms with Crippen molar-refractivity contribution in [2.24, 2.45) is 5.92 Å². The Bertz CT molecular complexity index is 706. The fraction of sp³-hybridized carbons (Fsp3) is 0.444. The molecule has 128 valence electrons. The standard InChI is InChI=1S/C18H22N2O4/c21-15(11-20-9-3-5-14(10-20)18(22)23)12-24-17-8-7-13-4-1-2-6-16(13)19-17/h1-2,4,6-8,14-15,21H,3,5,9-12H2,(H,22,23)/t14?,15-/m1/s1. The van der Waals surface area contributed by atoms with Gasteiger partial charge in [0.1, 0.15) is 12.7 Å². The number of fused-ring (bicyclic) bond motifs is 1. The molecule has 6 heteroatoms. The first-order chi connectivity index (χ1) is 11.6. The van der Waals surface area contributed by atoms with E-state index in [0.717, 1.165) is 23.9 Å². The zero-order chi connectivity index (χ0) is 16.9. The molecule has 0 saturated carbocycles. The van der Waals surface area contributed by atoms with E-state index in [-0.39, 0.29) is 12.5 Å². The molecule has 0 aliphatic carbocycles. The van der Waals surface area contributed by atoms with Crippen molar-refractivity contribution in [2.75, 3.05) is 26.2 Å². The van der Waals surface area contributed by atoms with Gasteiger partial charge >= 0.3 is 5.97 Å². The van der Waals surface area contributed by atoms with Gasteiger partial charge in [-0.15, -0.1) is 0 Å². The Balaban J connectivity index is 1.51. The number of carboxylic acid groups (broad SMARTS) is 1. The summed E-state index contributed by atoms with van der Waals surface area (Å²) in [6.45, 7) is 1.85. The third kappa shape index (κ3) is 4.21. The predicted octanol–water partition coefficient (Wildman–Crippen LogP) is 1.77. The van der Waals surface area contributed by atoms with Crippen LogP contribution in [0, 0.1) is 5.92 Å². The molecule has 1 aliphatic rings. The molecule has 2 N–H and O–H groups in total. The highest BCUT2D eigenvalue weighted by Crippen LogP contribution is 2.18. The fourth-order valence-electron chi connectivity index (χ4n) is 3.08. The molecule has 6 nitrogen and oxygen atoms in total. The predicted molar refractivity (Wildman–Crippen MR) is 90.0 cm³/mol. The van der Waals surface area contributed by atoms with Crippen LogP contribution in [-0.2, 0) is 4.79 Å². The smallest absolute Gasteiger partial charge is 0.307 e. The van der Waals surface area contributed by atoms with Gasteiger partial charge in [-0.1, -0.05) is 18.2 Å². The summed E-state index contributed by atoms with van der Waals surface area (Å²) in [6, 6.07) is 11.5. The summed E-state index contributed by atoms with van der Waals surface area (Å²) in [5, 5.41) is 20.3. The normalized spacial score (nSPS) is 20.0. The summed E-state index contributed by atoms with van der Waals surface area (Å²) < 4.78 is 5.59.